The van der Waals surface area contributed by atoms with Gasteiger partial charge < -0.3 is 10.2 Å². The monoisotopic (exact) mass is 533 g/mol. The lowest BCUT2D eigenvalue weighted by atomic mass is 10.1. The van der Waals surface area contributed by atoms with Gasteiger partial charge in [0.05, 0.1) is 4.90 Å². The van der Waals surface area contributed by atoms with Crippen molar-refractivity contribution in [2.75, 3.05) is 19.6 Å². The molecule has 3 rings (SSSR count). The summed E-state index contributed by atoms with van der Waals surface area (Å²) in [5, 5.41) is 3.03. The highest BCUT2D eigenvalue weighted by molar-refractivity contribution is 7.89. The van der Waals surface area contributed by atoms with Crippen LogP contribution < -0.4 is 5.32 Å². The number of rotatable bonds is 15. The van der Waals surface area contributed by atoms with Crippen molar-refractivity contribution >= 4 is 21.8 Å². The maximum atomic E-state index is 13.5. The van der Waals surface area contributed by atoms with Crippen LogP contribution in [0.3, 0.4) is 0 Å². The predicted octanol–water partition coefficient (Wildman–Crippen LogP) is 5.18. The van der Waals surface area contributed by atoms with E-state index in [1.807, 2.05) is 6.92 Å². The number of unbranched alkanes of at least 4 members (excludes halogenated alkanes) is 9. The number of nitrogens with zero attached hydrogens (tertiary/aromatic N) is 2. The molecule has 2 aliphatic heterocycles. The molecule has 208 valence electrons. The van der Waals surface area contributed by atoms with Crippen molar-refractivity contribution in [3.05, 3.63) is 29.8 Å². The molecule has 1 aromatic rings. The lowest BCUT2D eigenvalue weighted by molar-refractivity contribution is -0.140. The van der Waals surface area contributed by atoms with E-state index in [9.17, 15) is 18.0 Å². The fourth-order valence-electron chi connectivity index (χ4n) is 5.56. The van der Waals surface area contributed by atoms with Crippen molar-refractivity contribution < 1.29 is 18.0 Å². The van der Waals surface area contributed by atoms with Crippen LogP contribution >= 0.6 is 0 Å². The van der Waals surface area contributed by atoms with Crippen molar-refractivity contribution in [3.8, 4) is 0 Å². The number of aryl methyl sites for hydroxylation is 1. The zero-order chi connectivity index (χ0) is 26.7. The largest absolute Gasteiger partial charge is 0.354 e. The van der Waals surface area contributed by atoms with E-state index in [4.69, 9.17) is 0 Å². The number of amides is 2. The van der Waals surface area contributed by atoms with Gasteiger partial charge in [-0.05, 0) is 51.2 Å². The molecule has 2 heterocycles. The second-order valence-electron chi connectivity index (χ2n) is 10.7. The highest BCUT2D eigenvalue weighted by atomic mass is 32.2. The van der Waals surface area contributed by atoms with Crippen molar-refractivity contribution in [3.63, 3.8) is 0 Å². The van der Waals surface area contributed by atoms with Gasteiger partial charge in [0, 0.05) is 19.6 Å². The van der Waals surface area contributed by atoms with Gasteiger partial charge in [0.2, 0.25) is 21.8 Å². The normalized spacial score (nSPS) is 20.4. The Balaban J connectivity index is 1.44. The summed E-state index contributed by atoms with van der Waals surface area (Å²) in [4.78, 5) is 28.3. The Bertz CT molecular complexity index is 964. The molecule has 0 radical (unpaired) electrons. The quantitative estimate of drug-likeness (QED) is 0.315. The van der Waals surface area contributed by atoms with Crippen molar-refractivity contribution in [2.45, 2.75) is 121 Å². The molecule has 2 amide bonds. The second-order valence-corrected chi connectivity index (χ2v) is 12.6. The van der Waals surface area contributed by atoms with Gasteiger partial charge in [0.1, 0.15) is 12.1 Å². The summed E-state index contributed by atoms with van der Waals surface area (Å²) in [6.07, 6.45) is 15.0. The summed E-state index contributed by atoms with van der Waals surface area (Å²) in [5.41, 5.74) is 0.983. The zero-order valence-electron chi connectivity index (χ0n) is 22.9. The molecule has 1 N–H and O–H groups in total. The van der Waals surface area contributed by atoms with E-state index in [2.05, 4.69) is 12.2 Å². The Labute approximate surface area is 224 Å². The van der Waals surface area contributed by atoms with Gasteiger partial charge in [0.25, 0.3) is 0 Å². The number of nitrogens with one attached hydrogen (secondary N) is 1. The van der Waals surface area contributed by atoms with Crippen LogP contribution in [0.15, 0.2) is 29.2 Å². The third-order valence-corrected chi connectivity index (χ3v) is 9.71. The number of likely N-dealkylation sites (tertiary alicyclic amines) is 1. The lowest BCUT2D eigenvalue weighted by Crippen LogP contribution is -2.52. The molecule has 0 aromatic heterocycles. The van der Waals surface area contributed by atoms with Crippen molar-refractivity contribution in [1.82, 2.24) is 14.5 Å². The van der Waals surface area contributed by atoms with Crippen molar-refractivity contribution in [2.24, 2.45) is 0 Å². The van der Waals surface area contributed by atoms with Crippen LogP contribution in [0.1, 0.15) is 102 Å². The molecule has 1 unspecified atom stereocenters. The van der Waals surface area contributed by atoms with Crippen molar-refractivity contribution in [1.29, 1.82) is 0 Å². The Morgan fingerprint density at radius 2 is 1.41 bits per heavy atom. The van der Waals surface area contributed by atoms with E-state index >= 15 is 0 Å². The summed E-state index contributed by atoms with van der Waals surface area (Å²) in [6.45, 7) is 5.61. The molecule has 0 saturated carbocycles. The molecule has 0 spiro atoms. The molecule has 0 bridgehead atoms. The molecular weight excluding hydrogens is 486 g/mol. The predicted molar refractivity (Wildman–Crippen MR) is 148 cm³/mol. The third kappa shape index (κ3) is 8.28. The van der Waals surface area contributed by atoms with E-state index < -0.39 is 22.1 Å². The van der Waals surface area contributed by atoms with E-state index in [0.29, 0.717) is 38.9 Å². The topological polar surface area (TPSA) is 86.8 Å². The fraction of sp³-hybridized carbons (Fsp3) is 0.724. The summed E-state index contributed by atoms with van der Waals surface area (Å²) in [6, 6.07) is 5.51. The van der Waals surface area contributed by atoms with E-state index in [-0.39, 0.29) is 16.7 Å². The van der Waals surface area contributed by atoms with Crippen LogP contribution in [0.5, 0.6) is 0 Å². The third-order valence-electron chi connectivity index (χ3n) is 7.78. The molecule has 2 fully saturated rings. The number of hydrogen-bond donors (Lipinski definition) is 1. The van der Waals surface area contributed by atoms with E-state index in [1.54, 1.807) is 29.2 Å². The standard InChI is InChI=1S/C29H47N3O4S/c1-3-4-5-6-7-8-9-10-11-12-21-30-28(33)26-15-13-22-31(26)29(34)27-16-14-23-32(27)37(35,36)25-19-17-24(2)18-20-25/h17-20,26-27H,3-16,21-23H2,1-2H3,(H,30,33)/t26?,27-/m0/s1. The summed E-state index contributed by atoms with van der Waals surface area (Å²) >= 11 is 0. The minimum atomic E-state index is -3.77. The van der Waals surface area contributed by atoms with Gasteiger partial charge in [-0.3, -0.25) is 9.59 Å². The number of hydrogen-bond acceptors (Lipinski definition) is 4. The Kier molecular flexibility index (Phi) is 11.9. The average Bonchev–Trinajstić information content (AvgIpc) is 3.58. The van der Waals surface area contributed by atoms with Crippen LogP contribution in [-0.2, 0) is 19.6 Å². The van der Waals surface area contributed by atoms with Gasteiger partial charge in [-0.15, -0.1) is 0 Å². The molecule has 0 aliphatic carbocycles. The summed E-state index contributed by atoms with van der Waals surface area (Å²) < 4.78 is 27.9. The first-order chi connectivity index (χ1) is 17.9. The number of carbonyl (C=O) groups is 2. The zero-order valence-corrected chi connectivity index (χ0v) is 23.7. The second kappa shape index (κ2) is 14.9. The highest BCUT2D eigenvalue weighted by Gasteiger charge is 2.44. The van der Waals surface area contributed by atoms with Crippen LogP contribution in [0.2, 0.25) is 0 Å². The smallest absolute Gasteiger partial charge is 0.243 e. The first kappa shape index (κ1) is 29.6. The maximum absolute atomic E-state index is 13.5. The molecule has 2 atom stereocenters. The first-order valence-electron chi connectivity index (χ1n) is 14.5. The van der Waals surface area contributed by atoms with Crippen LogP contribution in [-0.4, -0.2) is 61.2 Å². The minimum Gasteiger partial charge on any atom is -0.354 e. The fourth-order valence-corrected chi connectivity index (χ4v) is 7.21. The Morgan fingerprint density at radius 3 is 2.05 bits per heavy atom. The maximum Gasteiger partial charge on any atom is 0.243 e. The molecule has 1 aromatic carbocycles. The lowest BCUT2D eigenvalue weighted by Gasteiger charge is -2.30. The Morgan fingerprint density at radius 1 is 0.838 bits per heavy atom. The average molecular weight is 534 g/mol. The number of carbonyl (C=O) groups excluding carboxylic acids is 2. The molecule has 2 aliphatic rings. The molecule has 2 saturated heterocycles. The SMILES string of the molecule is CCCCCCCCCCCCNC(=O)C1CCCN1C(=O)[C@@H]1CCCN1S(=O)(=O)c1ccc(C)cc1. The molecule has 37 heavy (non-hydrogen) atoms. The van der Waals surface area contributed by atoms with E-state index in [1.165, 1.54) is 55.7 Å². The summed E-state index contributed by atoms with van der Waals surface area (Å²) in [5.74, 6) is -0.336. The van der Waals surface area contributed by atoms with Gasteiger partial charge in [-0.25, -0.2) is 8.42 Å². The van der Waals surface area contributed by atoms with Gasteiger partial charge in [0.15, 0.2) is 0 Å². The first-order valence-corrected chi connectivity index (χ1v) is 16.0. The molecule has 7 nitrogen and oxygen atoms in total. The van der Waals surface area contributed by atoms with Gasteiger partial charge >= 0.3 is 0 Å². The number of sulfonamides is 1. The van der Waals surface area contributed by atoms with E-state index in [0.717, 1.165) is 24.8 Å². The Hall–Kier alpha value is -1.93. The molecular formula is C29H47N3O4S. The molecule has 8 heteroatoms. The van der Waals surface area contributed by atoms with Crippen LogP contribution in [0, 0.1) is 6.92 Å². The highest BCUT2D eigenvalue weighted by Crippen LogP contribution is 2.30. The van der Waals surface area contributed by atoms with Gasteiger partial charge in [-0.2, -0.15) is 4.31 Å². The number of benzene rings is 1. The van der Waals surface area contributed by atoms with Crippen LogP contribution in [0.25, 0.3) is 0 Å². The minimum absolute atomic E-state index is 0.104. The summed E-state index contributed by atoms with van der Waals surface area (Å²) in [7, 11) is -3.77. The van der Waals surface area contributed by atoms with Crippen LogP contribution in [0.4, 0.5) is 0 Å². The van der Waals surface area contributed by atoms with Gasteiger partial charge in [-0.1, -0.05) is 82.4 Å².